The molecule has 1 aliphatic heterocycles. The molecule has 1 aromatic rings. The number of nitrogens with one attached hydrogen (secondary N) is 2. The summed E-state index contributed by atoms with van der Waals surface area (Å²) >= 11 is 0. The molecule has 3 unspecified atom stereocenters. The summed E-state index contributed by atoms with van der Waals surface area (Å²) in [6.07, 6.45) is 5.23. The average Bonchev–Trinajstić information content (AvgIpc) is 2.61. The second-order valence-corrected chi connectivity index (χ2v) is 4.18. The van der Waals surface area contributed by atoms with Crippen molar-refractivity contribution in [1.82, 2.24) is 15.5 Å². The second-order valence-electron chi connectivity index (χ2n) is 4.18. The second kappa shape index (κ2) is 3.50. The maximum absolute atomic E-state index is 4.00. The van der Waals surface area contributed by atoms with Gasteiger partial charge in [-0.05, 0) is 31.4 Å². The minimum Gasteiger partial charge on any atom is -0.313 e. The van der Waals surface area contributed by atoms with Gasteiger partial charge in [0, 0.05) is 18.2 Å². The van der Waals surface area contributed by atoms with Crippen LogP contribution in [0.2, 0.25) is 0 Å². The van der Waals surface area contributed by atoms with Gasteiger partial charge in [-0.15, -0.1) is 0 Å². The van der Waals surface area contributed by atoms with Crippen LogP contribution in [0.4, 0.5) is 0 Å². The molecule has 0 amide bonds. The van der Waals surface area contributed by atoms with Gasteiger partial charge >= 0.3 is 0 Å². The van der Waals surface area contributed by atoms with E-state index in [9.17, 15) is 0 Å². The zero-order chi connectivity index (χ0) is 9.26. The highest BCUT2D eigenvalue weighted by Crippen LogP contribution is 2.29. The molecule has 2 heterocycles. The molecule has 1 saturated heterocycles. The van der Waals surface area contributed by atoms with Crippen LogP contribution < -0.4 is 5.32 Å². The minimum atomic E-state index is 0.578. The molecule has 0 aliphatic carbocycles. The molecule has 2 rings (SSSR count). The van der Waals surface area contributed by atoms with Crippen LogP contribution in [0.1, 0.15) is 31.7 Å². The van der Waals surface area contributed by atoms with E-state index in [2.05, 4.69) is 29.4 Å². The van der Waals surface area contributed by atoms with E-state index in [-0.39, 0.29) is 0 Å². The van der Waals surface area contributed by atoms with Gasteiger partial charge in [-0.3, -0.25) is 5.10 Å². The lowest BCUT2D eigenvalue weighted by Crippen LogP contribution is -2.41. The van der Waals surface area contributed by atoms with E-state index in [1.54, 1.807) is 0 Å². The molecule has 0 spiro atoms. The van der Waals surface area contributed by atoms with Crippen LogP contribution in [0.15, 0.2) is 12.4 Å². The quantitative estimate of drug-likeness (QED) is 0.686. The van der Waals surface area contributed by atoms with Crippen molar-refractivity contribution >= 4 is 0 Å². The highest BCUT2D eigenvalue weighted by molar-refractivity contribution is 5.14. The van der Waals surface area contributed by atoms with Crippen LogP contribution in [0.5, 0.6) is 0 Å². The third-order valence-corrected chi connectivity index (χ3v) is 3.00. The van der Waals surface area contributed by atoms with E-state index in [0.29, 0.717) is 12.0 Å². The fourth-order valence-electron chi connectivity index (χ4n) is 2.14. The van der Waals surface area contributed by atoms with Gasteiger partial charge in [0.25, 0.3) is 0 Å². The highest BCUT2D eigenvalue weighted by Gasteiger charge is 2.26. The van der Waals surface area contributed by atoms with Crippen LogP contribution >= 0.6 is 0 Å². The Balaban J connectivity index is 2.12. The number of piperidine rings is 1. The van der Waals surface area contributed by atoms with Crippen LogP contribution in [0, 0.1) is 5.92 Å². The SMILES string of the molecule is CC1CNC(C)C(c2cn[nH]c2)C1. The van der Waals surface area contributed by atoms with Gasteiger partial charge in [-0.1, -0.05) is 6.92 Å². The van der Waals surface area contributed by atoms with Gasteiger partial charge in [0.15, 0.2) is 0 Å². The predicted octanol–water partition coefficient (Wildman–Crippen LogP) is 1.51. The summed E-state index contributed by atoms with van der Waals surface area (Å²) < 4.78 is 0. The molecule has 0 aromatic carbocycles. The Morgan fingerprint density at radius 2 is 2.31 bits per heavy atom. The van der Waals surface area contributed by atoms with E-state index in [4.69, 9.17) is 0 Å². The van der Waals surface area contributed by atoms with Crippen LogP contribution in [0.25, 0.3) is 0 Å². The molecular formula is C10H17N3. The first-order chi connectivity index (χ1) is 6.27. The maximum atomic E-state index is 4.00. The topological polar surface area (TPSA) is 40.7 Å². The highest BCUT2D eigenvalue weighted by atomic mass is 15.1. The molecule has 1 aromatic heterocycles. The molecule has 0 radical (unpaired) electrons. The van der Waals surface area contributed by atoms with Crippen molar-refractivity contribution < 1.29 is 0 Å². The Labute approximate surface area is 78.9 Å². The number of H-pyrrole nitrogens is 1. The predicted molar refractivity (Wildman–Crippen MR) is 52.6 cm³/mol. The first-order valence-electron chi connectivity index (χ1n) is 4.99. The van der Waals surface area contributed by atoms with Crippen molar-refractivity contribution in [2.45, 2.75) is 32.2 Å². The van der Waals surface area contributed by atoms with Gasteiger partial charge in [0.05, 0.1) is 6.20 Å². The molecular weight excluding hydrogens is 162 g/mol. The minimum absolute atomic E-state index is 0.578. The lowest BCUT2D eigenvalue weighted by molar-refractivity contribution is 0.301. The van der Waals surface area contributed by atoms with Crippen molar-refractivity contribution in [2.24, 2.45) is 5.92 Å². The fraction of sp³-hybridized carbons (Fsp3) is 0.700. The van der Waals surface area contributed by atoms with Crippen LogP contribution in [-0.2, 0) is 0 Å². The average molecular weight is 179 g/mol. The Morgan fingerprint density at radius 3 is 3.00 bits per heavy atom. The Morgan fingerprint density at radius 1 is 1.46 bits per heavy atom. The van der Waals surface area contributed by atoms with E-state index < -0.39 is 0 Å². The molecule has 3 atom stereocenters. The van der Waals surface area contributed by atoms with Crippen molar-refractivity contribution in [3.63, 3.8) is 0 Å². The molecule has 2 N–H and O–H groups in total. The van der Waals surface area contributed by atoms with Crippen molar-refractivity contribution in [1.29, 1.82) is 0 Å². The smallest absolute Gasteiger partial charge is 0.0522 e. The maximum Gasteiger partial charge on any atom is 0.0522 e. The Bertz CT molecular complexity index is 255. The lowest BCUT2D eigenvalue weighted by Gasteiger charge is -2.33. The molecule has 1 fully saturated rings. The first-order valence-corrected chi connectivity index (χ1v) is 4.99. The molecule has 0 saturated carbocycles. The molecule has 3 nitrogen and oxygen atoms in total. The molecule has 0 bridgehead atoms. The number of aromatic amines is 1. The summed E-state index contributed by atoms with van der Waals surface area (Å²) in [6.45, 7) is 5.70. The normalized spacial score (nSPS) is 34.8. The largest absolute Gasteiger partial charge is 0.313 e. The van der Waals surface area contributed by atoms with Crippen LogP contribution in [0.3, 0.4) is 0 Å². The third-order valence-electron chi connectivity index (χ3n) is 3.00. The number of hydrogen-bond donors (Lipinski definition) is 2. The zero-order valence-corrected chi connectivity index (χ0v) is 8.25. The summed E-state index contributed by atoms with van der Waals surface area (Å²) in [7, 11) is 0. The van der Waals surface area contributed by atoms with Crippen molar-refractivity contribution in [2.75, 3.05) is 6.54 Å². The van der Waals surface area contributed by atoms with Crippen molar-refractivity contribution in [3.8, 4) is 0 Å². The van der Waals surface area contributed by atoms with Gasteiger partial charge in [-0.25, -0.2) is 0 Å². The van der Waals surface area contributed by atoms with Gasteiger partial charge in [0.2, 0.25) is 0 Å². The van der Waals surface area contributed by atoms with Gasteiger partial charge < -0.3 is 5.32 Å². The molecule has 3 heteroatoms. The summed E-state index contributed by atoms with van der Waals surface area (Å²) in [5, 5.41) is 10.4. The fourth-order valence-corrected chi connectivity index (χ4v) is 2.14. The molecule has 72 valence electrons. The monoisotopic (exact) mass is 179 g/mol. The Kier molecular flexibility index (Phi) is 2.36. The summed E-state index contributed by atoms with van der Waals surface area (Å²) in [6, 6.07) is 0.578. The van der Waals surface area contributed by atoms with E-state index in [0.717, 1.165) is 12.5 Å². The summed E-state index contributed by atoms with van der Waals surface area (Å²) in [5.74, 6) is 1.40. The number of hydrogen-bond acceptors (Lipinski definition) is 2. The number of aromatic nitrogens is 2. The Hall–Kier alpha value is -0.830. The van der Waals surface area contributed by atoms with Gasteiger partial charge in [0.1, 0.15) is 0 Å². The number of nitrogens with zero attached hydrogens (tertiary/aromatic N) is 1. The zero-order valence-electron chi connectivity index (χ0n) is 8.25. The van der Waals surface area contributed by atoms with Gasteiger partial charge in [-0.2, -0.15) is 5.10 Å². The first kappa shape index (κ1) is 8.75. The standard InChI is InChI=1S/C10H17N3/c1-7-3-10(8(2)11-4-7)9-5-12-13-6-9/h5-8,10-11H,3-4H2,1-2H3,(H,12,13). The van der Waals surface area contributed by atoms with E-state index in [1.165, 1.54) is 12.0 Å². The van der Waals surface area contributed by atoms with Crippen molar-refractivity contribution in [3.05, 3.63) is 18.0 Å². The number of rotatable bonds is 1. The molecule has 1 aliphatic rings. The third kappa shape index (κ3) is 1.75. The lowest BCUT2D eigenvalue weighted by atomic mass is 9.83. The molecule has 13 heavy (non-hydrogen) atoms. The van der Waals surface area contributed by atoms with E-state index in [1.807, 2.05) is 12.4 Å². The summed E-state index contributed by atoms with van der Waals surface area (Å²) in [4.78, 5) is 0. The summed E-state index contributed by atoms with van der Waals surface area (Å²) in [5.41, 5.74) is 1.34. The van der Waals surface area contributed by atoms with E-state index >= 15 is 0 Å². The van der Waals surface area contributed by atoms with Crippen LogP contribution in [-0.4, -0.2) is 22.8 Å².